The van der Waals surface area contributed by atoms with Crippen molar-refractivity contribution in [3.05, 3.63) is 46.5 Å². The molecule has 2 heterocycles. The summed E-state index contributed by atoms with van der Waals surface area (Å²) >= 11 is 6.24. The number of hydrogen-bond donors (Lipinski definition) is 2. The van der Waals surface area contributed by atoms with E-state index in [9.17, 15) is 9.90 Å². The number of hydrogen-bond acceptors (Lipinski definition) is 2. The monoisotopic (exact) mass is 299 g/mol. The molecule has 0 unspecified atom stereocenters. The van der Waals surface area contributed by atoms with E-state index in [1.807, 2.05) is 25.1 Å². The highest BCUT2D eigenvalue weighted by atomic mass is 35.5. The Balaban J connectivity index is 2.25. The van der Waals surface area contributed by atoms with E-state index in [2.05, 4.69) is 4.98 Å². The van der Waals surface area contributed by atoms with Crippen LogP contribution in [-0.2, 0) is 0 Å². The van der Waals surface area contributed by atoms with Crippen molar-refractivity contribution in [2.45, 2.75) is 6.92 Å². The van der Waals surface area contributed by atoms with E-state index in [0.717, 1.165) is 22.0 Å². The van der Waals surface area contributed by atoms with E-state index in [4.69, 9.17) is 16.0 Å². The molecule has 0 aliphatic rings. The first kappa shape index (κ1) is 12.3. The van der Waals surface area contributed by atoms with Gasteiger partial charge in [0.05, 0.1) is 27.0 Å². The molecule has 4 nitrogen and oxygen atoms in total. The predicted molar refractivity (Wildman–Crippen MR) is 82.3 cm³/mol. The van der Waals surface area contributed by atoms with Crippen LogP contribution in [0.5, 0.6) is 0 Å². The quantitative estimate of drug-likeness (QED) is 0.534. The molecule has 0 atom stereocenters. The van der Waals surface area contributed by atoms with Crippen molar-refractivity contribution < 1.29 is 14.3 Å². The first-order valence-electron chi connectivity index (χ1n) is 6.42. The van der Waals surface area contributed by atoms with Crippen LogP contribution in [0.25, 0.3) is 33.0 Å². The number of H-pyrrole nitrogens is 1. The molecule has 4 rings (SSSR count). The molecule has 5 heteroatoms. The Morgan fingerprint density at radius 1 is 1.24 bits per heavy atom. The zero-order chi connectivity index (χ0) is 14.7. The highest BCUT2D eigenvalue weighted by Gasteiger charge is 2.20. The van der Waals surface area contributed by atoms with Gasteiger partial charge in [-0.1, -0.05) is 17.7 Å². The fourth-order valence-corrected chi connectivity index (χ4v) is 2.98. The SMILES string of the molecule is Cc1ccc2c(c1)oc1c2[nH]c2c(C(=O)O)ccc(Cl)c21. The molecular weight excluding hydrogens is 290 g/mol. The van der Waals surface area contributed by atoms with Gasteiger partial charge in [-0.2, -0.15) is 0 Å². The van der Waals surface area contributed by atoms with Crippen LogP contribution in [0.15, 0.2) is 34.7 Å². The van der Waals surface area contributed by atoms with Gasteiger partial charge in [-0.15, -0.1) is 0 Å². The summed E-state index contributed by atoms with van der Waals surface area (Å²) in [6, 6.07) is 8.97. The number of benzene rings is 2. The molecule has 0 bridgehead atoms. The Hall–Kier alpha value is -2.46. The summed E-state index contributed by atoms with van der Waals surface area (Å²) in [5.41, 5.74) is 3.90. The number of nitrogens with one attached hydrogen (secondary N) is 1. The van der Waals surface area contributed by atoms with E-state index in [0.29, 0.717) is 21.5 Å². The summed E-state index contributed by atoms with van der Waals surface area (Å²) in [7, 11) is 0. The maximum absolute atomic E-state index is 11.3. The molecule has 0 radical (unpaired) electrons. The number of fused-ring (bicyclic) bond motifs is 5. The molecule has 21 heavy (non-hydrogen) atoms. The van der Waals surface area contributed by atoms with Gasteiger partial charge in [0.25, 0.3) is 0 Å². The number of aromatic carboxylic acids is 1. The van der Waals surface area contributed by atoms with Crippen molar-refractivity contribution >= 4 is 50.5 Å². The Bertz CT molecular complexity index is 1040. The van der Waals surface area contributed by atoms with Gasteiger partial charge in [-0.05, 0) is 36.8 Å². The summed E-state index contributed by atoms with van der Waals surface area (Å²) < 4.78 is 5.89. The molecule has 104 valence electrons. The van der Waals surface area contributed by atoms with Crippen LogP contribution in [-0.4, -0.2) is 16.1 Å². The second-order valence-electron chi connectivity index (χ2n) is 5.08. The van der Waals surface area contributed by atoms with Gasteiger partial charge in [0, 0.05) is 5.39 Å². The van der Waals surface area contributed by atoms with Crippen LogP contribution in [0.4, 0.5) is 0 Å². The highest BCUT2D eigenvalue weighted by molar-refractivity contribution is 6.39. The van der Waals surface area contributed by atoms with Gasteiger partial charge in [0.2, 0.25) is 0 Å². The number of carbonyl (C=O) groups is 1. The first-order valence-corrected chi connectivity index (χ1v) is 6.80. The summed E-state index contributed by atoms with van der Waals surface area (Å²) in [6.45, 7) is 1.99. The first-order chi connectivity index (χ1) is 10.1. The van der Waals surface area contributed by atoms with Crippen molar-refractivity contribution in [3.8, 4) is 0 Å². The van der Waals surface area contributed by atoms with Gasteiger partial charge in [0.15, 0.2) is 5.58 Å². The number of carboxylic acids is 1. The van der Waals surface area contributed by atoms with Crippen LogP contribution in [0.1, 0.15) is 15.9 Å². The molecule has 0 spiro atoms. The van der Waals surface area contributed by atoms with Gasteiger partial charge < -0.3 is 14.5 Å². The van der Waals surface area contributed by atoms with Crippen LogP contribution in [0.2, 0.25) is 5.02 Å². The molecule has 0 saturated carbocycles. The smallest absolute Gasteiger partial charge is 0.337 e. The van der Waals surface area contributed by atoms with Crippen molar-refractivity contribution in [2.24, 2.45) is 0 Å². The zero-order valence-electron chi connectivity index (χ0n) is 11.0. The summed E-state index contributed by atoms with van der Waals surface area (Å²) in [4.78, 5) is 14.5. The lowest BCUT2D eigenvalue weighted by molar-refractivity contribution is 0.0699. The summed E-state index contributed by atoms with van der Waals surface area (Å²) in [5, 5.41) is 11.3. The van der Waals surface area contributed by atoms with Crippen LogP contribution in [0, 0.1) is 6.92 Å². The topological polar surface area (TPSA) is 66.2 Å². The number of aromatic amines is 1. The van der Waals surface area contributed by atoms with E-state index in [-0.39, 0.29) is 5.56 Å². The lowest BCUT2D eigenvalue weighted by atomic mass is 10.1. The summed E-state index contributed by atoms with van der Waals surface area (Å²) in [6.07, 6.45) is 0. The van der Waals surface area contributed by atoms with Crippen LogP contribution < -0.4 is 0 Å². The maximum atomic E-state index is 11.3. The predicted octanol–water partition coefficient (Wildman–Crippen LogP) is 4.73. The number of furan rings is 1. The molecule has 0 amide bonds. The van der Waals surface area contributed by atoms with Crippen molar-refractivity contribution in [1.82, 2.24) is 4.98 Å². The Morgan fingerprint density at radius 2 is 2.05 bits per heavy atom. The Kier molecular flexibility index (Phi) is 2.35. The van der Waals surface area contributed by atoms with E-state index in [1.165, 1.54) is 6.07 Å². The lowest BCUT2D eigenvalue weighted by Gasteiger charge is -1.99. The largest absolute Gasteiger partial charge is 0.478 e. The number of halogens is 1. The fourth-order valence-electron chi connectivity index (χ4n) is 2.74. The normalized spacial score (nSPS) is 11.7. The molecule has 4 aromatic rings. The standard InChI is InChI=1S/C16H10ClNO3/c1-7-2-3-8-11(6-7)21-15-12-10(17)5-4-9(16(19)20)13(12)18-14(8)15/h2-6,18H,1H3,(H,19,20). The minimum absolute atomic E-state index is 0.182. The second kappa shape index (κ2) is 4.02. The minimum Gasteiger partial charge on any atom is -0.478 e. The van der Waals surface area contributed by atoms with Crippen LogP contribution >= 0.6 is 11.6 Å². The Morgan fingerprint density at radius 3 is 2.81 bits per heavy atom. The zero-order valence-corrected chi connectivity index (χ0v) is 11.8. The molecule has 0 fully saturated rings. The van der Waals surface area contributed by atoms with Gasteiger partial charge in [-0.25, -0.2) is 4.79 Å². The molecule has 2 aromatic heterocycles. The number of rotatable bonds is 1. The third kappa shape index (κ3) is 1.59. The lowest BCUT2D eigenvalue weighted by Crippen LogP contribution is -1.97. The van der Waals surface area contributed by atoms with E-state index < -0.39 is 5.97 Å². The minimum atomic E-state index is -0.999. The molecule has 0 aliphatic carbocycles. The third-order valence-electron chi connectivity index (χ3n) is 3.71. The van der Waals surface area contributed by atoms with E-state index >= 15 is 0 Å². The number of aromatic nitrogens is 1. The van der Waals surface area contributed by atoms with Crippen molar-refractivity contribution in [1.29, 1.82) is 0 Å². The Labute approximate surface area is 123 Å². The van der Waals surface area contributed by atoms with Crippen LogP contribution in [0.3, 0.4) is 0 Å². The average molecular weight is 300 g/mol. The molecule has 0 saturated heterocycles. The highest BCUT2D eigenvalue weighted by Crippen LogP contribution is 2.38. The molecule has 2 aromatic carbocycles. The fraction of sp³-hybridized carbons (Fsp3) is 0.0625. The molecule has 2 N–H and O–H groups in total. The van der Waals surface area contributed by atoms with Gasteiger partial charge in [0.1, 0.15) is 5.58 Å². The van der Waals surface area contributed by atoms with Gasteiger partial charge in [-0.3, -0.25) is 0 Å². The maximum Gasteiger partial charge on any atom is 0.337 e. The van der Waals surface area contributed by atoms with Crippen molar-refractivity contribution in [2.75, 3.05) is 0 Å². The molecular formula is C16H10ClNO3. The van der Waals surface area contributed by atoms with Gasteiger partial charge >= 0.3 is 5.97 Å². The average Bonchev–Trinajstić information content (AvgIpc) is 2.94. The summed E-state index contributed by atoms with van der Waals surface area (Å²) in [5.74, 6) is -0.999. The molecule has 0 aliphatic heterocycles. The van der Waals surface area contributed by atoms with E-state index in [1.54, 1.807) is 6.07 Å². The number of carboxylic acid groups (broad SMARTS) is 1. The third-order valence-corrected chi connectivity index (χ3v) is 4.02. The second-order valence-corrected chi connectivity index (χ2v) is 5.49. The van der Waals surface area contributed by atoms with Crippen molar-refractivity contribution in [3.63, 3.8) is 0 Å². The number of aryl methyl sites for hydroxylation is 1.